The van der Waals surface area contributed by atoms with Gasteiger partial charge in [-0.3, -0.25) is 4.79 Å². The van der Waals surface area contributed by atoms with Gasteiger partial charge >= 0.3 is 0 Å². The molecule has 0 spiro atoms. The summed E-state index contributed by atoms with van der Waals surface area (Å²) in [6, 6.07) is 8.82. The third kappa shape index (κ3) is 3.74. The van der Waals surface area contributed by atoms with Gasteiger partial charge in [-0.2, -0.15) is 4.31 Å². The van der Waals surface area contributed by atoms with Crippen molar-refractivity contribution in [1.82, 2.24) is 9.21 Å². The molecule has 0 saturated carbocycles. The Labute approximate surface area is 156 Å². The summed E-state index contributed by atoms with van der Waals surface area (Å²) in [5.74, 6) is -0.0966. The molecule has 0 atom stereocenters. The quantitative estimate of drug-likeness (QED) is 0.797. The maximum Gasteiger partial charge on any atom is 0.264 e. The largest absolute Gasteiger partial charge is 0.335 e. The summed E-state index contributed by atoms with van der Waals surface area (Å²) >= 11 is 7.12. The number of benzene rings is 1. The maximum absolute atomic E-state index is 12.9. The predicted octanol–water partition coefficient (Wildman–Crippen LogP) is 3.17. The predicted molar refractivity (Wildman–Crippen MR) is 99.9 cm³/mol. The summed E-state index contributed by atoms with van der Waals surface area (Å²) in [5.41, 5.74) is 1.64. The van der Waals surface area contributed by atoms with Gasteiger partial charge in [-0.1, -0.05) is 23.7 Å². The van der Waals surface area contributed by atoms with Crippen LogP contribution in [0.15, 0.2) is 35.2 Å². The number of hydrogen-bond donors (Lipinski definition) is 0. The van der Waals surface area contributed by atoms with Gasteiger partial charge in [0.1, 0.15) is 0 Å². The molecule has 2 aromatic rings. The van der Waals surface area contributed by atoms with Crippen molar-refractivity contribution in [3.8, 4) is 0 Å². The monoisotopic (exact) mass is 398 g/mol. The fraction of sp³-hybridized carbons (Fsp3) is 0.353. The highest BCUT2D eigenvalue weighted by molar-refractivity contribution is 7.89. The summed E-state index contributed by atoms with van der Waals surface area (Å²) in [6.45, 7) is 5.01. The number of aryl methyl sites for hydroxylation is 2. The molecule has 2 heterocycles. The molecule has 0 N–H and O–H groups in total. The zero-order chi connectivity index (χ0) is 18.2. The molecule has 25 heavy (non-hydrogen) atoms. The summed E-state index contributed by atoms with van der Waals surface area (Å²) in [5, 5.41) is 0. The molecular formula is C17H19ClN2O3S2. The highest BCUT2D eigenvalue weighted by Gasteiger charge is 2.31. The minimum atomic E-state index is -3.55. The van der Waals surface area contributed by atoms with E-state index in [9.17, 15) is 13.2 Å². The molecule has 1 amide bonds. The third-order valence-electron chi connectivity index (χ3n) is 4.27. The first-order valence-electron chi connectivity index (χ1n) is 7.91. The number of sulfonamides is 1. The highest BCUT2D eigenvalue weighted by atomic mass is 35.5. The van der Waals surface area contributed by atoms with Gasteiger partial charge in [0.05, 0.1) is 14.1 Å². The van der Waals surface area contributed by atoms with E-state index in [0.29, 0.717) is 40.3 Å². The van der Waals surface area contributed by atoms with Crippen LogP contribution in [0.4, 0.5) is 0 Å². The molecule has 1 fully saturated rings. The Kier molecular flexibility index (Phi) is 5.20. The van der Waals surface area contributed by atoms with Crippen LogP contribution in [0.5, 0.6) is 0 Å². The van der Waals surface area contributed by atoms with Gasteiger partial charge in [0.15, 0.2) is 0 Å². The number of nitrogens with zero attached hydrogens (tertiary/aromatic N) is 2. The van der Waals surface area contributed by atoms with Gasteiger partial charge in [0.2, 0.25) is 10.0 Å². The number of amides is 1. The van der Waals surface area contributed by atoms with Crippen LogP contribution >= 0.6 is 22.9 Å². The van der Waals surface area contributed by atoms with E-state index in [0.717, 1.165) is 11.1 Å². The molecule has 1 aromatic heterocycles. The number of hydrogen-bond acceptors (Lipinski definition) is 4. The van der Waals surface area contributed by atoms with E-state index in [2.05, 4.69) is 0 Å². The second-order valence-electron chi connectivity index (χ2n) is 6.07. The molecular weight excluding hydrogens is 380 g/mol. The zero-order valence-electron chi connectivity index (χ0n) is 14.0. The lowest BCUT2D eigenvalue weighted by Crippen LogP contribution is -2.50. The number of carbonyl (C=O) groups excluding carboxylic acids is 1. The number of piperazine rings is 1. The normalized spacial score (nSPS) is 16.2. The van der Waals surface area contributed by atoms with Crippen LogP contribution in [0, 0.1) is 13.8 Å². The lowest BCUT2D eigenvalue weighted by Gasteiger charge is -2.34. The average molecular weight is 399 g/mol. The Morgan fingerprint density at radius 3 is 2.36 bits per heavy atom. The minimum Gasteiger partial charge on any atom is -0.335 e. The van der Waals surface area contributed by atoms with Crippen LogP contribution in [-0.4, -0.2) is 49.7 Å². The molecule has 1 aliphatic rings. The van der Waals surface area contributed by atoms with Gasteiger partial charge in [-0.25, -0.2) is 8.42 Å². The first-order chi connectivity index (χ1) is 11.8. The second kappa shape index (κ2) is 7.07. The van der Waals surface area contributed by atoms with Crippen molar-refractivity contribution in [3.05, 3.63) is 50.7 Å². The molecule has 1 aliphatic heterocycles. The maximum atomic E-state index is 12.9. The van der Waals surface area contributed by atoms with E-state index < -0.39 is 10.0 Å². The van der Waals surface area contributed by atoms with Crippen LogP contribution in [0.3, 0.4) is 0 Å². The zero-order valence-corrected chi connectivity index (χ0v) is 16.4. The van der Waals surface area contributed by atoms with E-state index in [1.54, 1.807) is 30.0 Å². The van der Waals surface area contributed by atoms with Crippen molar-refractivity contribution in [2.75, 3.05) is 26.2 Å². The standard InChI is InChI=1S/C17H19ClN2O3S2/c1-12-3-4-13(2)15(11-12)25(22,23)20-9-7-19(8-10-20)17(21)14-5-6-16(18)24-14/h3-6,11H,7-10H2,1-2H3. The van der Waals surface area contributed by atoms with Gasteiger partial charge in [0.25, 0.3) is 5.91 Å². The lowest BCUT2D eigenvalue weighted by molar-refractivity contribution is 0.0703. The van der Waals surface area contributed by atoms with Gasteiger partial charge < -0.3 is 4.90 Å². The number of thiophene rings is 1. The molecule has 1 saturated heterocycles. The van der Waals surface area contributed by atoms with E-state index in [-0.39, 0.29) is 5.91 Å². The first-order valence-corrected chi connectivity index (χ1v) is 10.5. The van der Waals surface area contributed by atoms with Crippen LogP contribution in [0.25, 0.3) is 0 Å². The Morgan fingerprint density at radius 2 is 1.76 bits per heavy atom. The Morgan fingerprint density at radius 1 is 1.08 bits per heavy atom. The van der Waals surface area contributed by atoms with Crippen molar-refractivity contribution < 1.29 is 13.2 Å². The van der Waals surface area contributed by atoms with E-state index in [4.69, 9.17) is 11.6 Å². The van der Waals surface area contributed by atoms with Crippen molar-refractivity contribution in [1.29, 1.82) is 0 Å². The Hall–Kier alpha value is -1.41. The van der Waals surface area contributed by atoms with Gasteiger partial charge in [-0.15, -0.1) is 11.3 Å². The molecule has 0 radical (unpaired) electrons. The van der Waals surface area contributed by atoms with E-state index in [1.807, 2.05) is 19.1 Å². The van der Waals surface area contributed by atoms with Crippen molar-refractivity contribution in [2.45, 2.75) is 18.7 Å². The van der Waals surface area contributed by atoms with E-state index in [1.165, 1.54) is 15.6 Å². The topological polar surface area (TPSA) is 57.7 Å². The highest BCUT2D eigenvalue weighted by Crippen LogP contribution is 2.25. The van der Waals surface area contributed by atoms with Crippen LogP contribution < -0.4 is 0 Å². The molecule has 8 heteroatoms. The molecule has 3 rings (SSSR count). The average Bonchev–Trinajstić information content (AvgIpc) is 3.03. The molecule has 0 unspecified atom stereocenters. The van der Waals surface area contributed by atoms with Gasteiger partial charge in [-0.05, 0) is 43.2 Å². The molecule has 0 bridgehead atoms. The Balaban J connectivity index is 1.73. The fourth-order valence-electron chi connectivity index (χ4n) is 2.84. The lowest BCUT2D eigenvalue weighted by atomic mass is 10.2. The van der Waals surface area contributed by atoms with Crippen molar-refractivity contribution in [2.24, 2.45) is 0 Å². The summed E-state index contributed by atoms with van der Waals surface area (Å²) in [4.78, 5) is 15.0. The molecule has 1 aromatic carbocycles. The summed E-state index contributed by atoms with van der Waals surface area (Å²) < 4.78 is 27.9. The molecule has 5 nitrogen and oxygen atoms in total. The molecule has 0 aliphatic carbocycles. The number of carbonyl (C=O) groups is 1. The van der Waals surface area contributed by atoms with Crippen LogP contribution in [0.1, 0.15) is 20.8 Å². The summed E-state index contributed by atoms with van der Waals surface area (Å²) in [7, 11) is -3.55. The summed E-state index contributed by atoms with van der Waals surface area (Å²) in [6.07, 6.45) is 0. The van der Waals surface area contributed by atoms with Crippen molar-refractivity contribution >= 4 is 38.9 Å². The smallest absolute Gasteiger partial charge is 0.264 e. The Bertz CT molecular complexity index is 900. The number of rotatable bonds is 3. The van der Waals surface area contributed by atoms with Crippen molar-refractivity contribution in [3.63, 3.8) is 0 Å². The fourth-order valence-corrected chi connectivity index (χ4v) is 5.58. The van der Waals surface area contributed by atoms with E-state index >= 15 is 0 Å². The molecule has 134 valence electrons. The first kappa shape index (κ1) is 18.4. The van der Waals surface area contributed by atoms with Crippen LogP contribution in [0.2, 0.25) is 4.34 Å². The minimum absolute atomic E-state index is 0.0966. The number of halogens is 1. The third-order valence-corrected chi connectivity index (χ3v) is 7.53. The van der Waals surface area contributed by atoms with Crippen LogP contribution in [-0.2, 0) is 10.0 Å². The van der Waals surface area contributed by atoms with Gasteiger partial charge in [0, 0.05) is 26.2 Å². The second-order valence-corrected chi connectivity index (χ2v) is 9.69. The SMILES string of the molecule is Cc1ccc(C)c(S(=O)(=O)N2CCN(C(=O)c3ccc(Cl)s3)CC2)c1.